The van der Waals surface area contributed by atoms with Gasteiger partial charge in [-0.2, -0.15) is 5.10 Å². The van der Waals surface area contributed by atoms with Crippen LogP contribution < -0.4 is 20.6 Å². The molecular weight excluding hydrogens is 294 g/mol. The molecule has 2 aromatic rings. The number of benzene rings is 2. The number of anilines is 1. The summed E-state index contributed by atoms with van der Waals surface area (Å²) in [6.07, 6.45) is 0. The van der Waals surface area contributed by atoms with Gasteiger partial charge in [0.2, 0.25) is 0 Å². The standard InChI is InChI=1S/C17H19N3O3/c1-12(13-3-5-14(18)6-4-13)19-20-17(21)11-23-16-9-7-15(22-2)8-10-16/h3-10H,11,18H2,1-2H3,(H,20,21)/b19-12+. The van der Waals surface area contributed by atoms with Gasteiger partial charge in [-0.05, 0) is 48.9 Å². The smallest absolute Gasteiger partial charge is 0.277 e. The topological polar surface area (TPSA) is 85.9 Å². The van der Waals surface area contributed by atoms with Crippen molar-refractivity contribution < 1.29 is 14.3 Å². The SMILES string of the molecule is COc1ccc(OCC(=O)N/N=C(\C)c2ccc(N)cc2)cc1. The van der Waals surface area contributed by atoms with Crippen LogP contribution in [0.4, 0.5) is 5.69 Å². The number of carbonyl (C=O) groups excluding carboxylic acids is 1. The number of hydrogen-bond acceptors (Lipinski definition) is 5. The second-order valence-electron chi connectivity index (χ2n) is 4.82. The number of amides is 1. The number of hydrazone groups is 1. The molecule has 0 aromatic heterocycles. The maximum absolute atomic E-state index is 11.7. The van der Waals surface area contributed by atoms with E-state index < -0.39 is 0 Å². The van der Waals surface area contributed by atoms with Crippen LogP contribution in [0.5, 0.6) is 11.5 Å². The molecule has 0 saturated heterocycles. The van der Waals surface area contributed by atoms with Gasteiger partial charge >= 0.3 is 0 Å². The van der Waals surface area contributed by atoms with E-state index in [4.69, 9.17) is 15.2 Å². The van der Waals surface area contributed by atoms with Gasteiger partial charge in [-0.15, -0.1) is 0 Å². The predicted molar refractivity (Wildman–Crippen MR) is 89.7 cm³/mol. The fourth-order valence-corrected chi connectivity index (χ4v) is 1.79. The molecule has 0 unspecified atom stereocenters. The molecule has 6 heteroatoms. The maximum Gasteiger partial charge on any atom is 0.277 e. The van der Waals surface area contributed by atoms with Crippen LogP contribution in [-0.4, -0.2) is 25.3 Å². The molecule has 0 spiro atoms. The summed E-state index contributed by atoms with van der Waals surface area (Å²) in [6.45, 7) is 1.68. The Morgan fingerprint density at radius 3 is 2.30 bits per heavy atom. The Bertz CT molecular complexity index is 679. The van der Waals surface area contributed by atoms with Crippen molar-refractivity contribution >= 4 is 17.3 Å². The van der Waals surface area contributed by atoms with Crippen LogP contribution in [0.25, 0.3) is 0 Å². The van der Waals surface area contributed by atoms with Gasteiger partial charge in [-0.3, -0.25) is 4.79 Å². The molecule has 2 aromatic carbocycles. The van der Waals surface area contributed by atoms with E-state index in [9.17, 15) is 4.79 Å². The highest BCUT2D eigenvalue weighted by Crippen LogP contribution is 2.16. The molecule has 120 valence electrons. The molecule has 0 atom stereocenters. The average Bonchev–Trinajstić information content (AvgIpc) is 2.59. The van der Waals surface area contributed by atoms with Crippen molar-refractivity contribution in [3.63, 3.8) is 0 Å². The molecule has 0 fully saturated rings. The van der Waals surface area contributed by atoms with Crippen LogP contribution in [0, 0.1) is 0 Å². The minimum Gasteiger partial charge on any atom is -0.497 e. The van der Waals surface area contributed by atoms with E-state index in [1.165, 1.54) is 0 Å². The zero-order valence-corrected chi connectivity index (χ0v) is 13.1. The number of nitrogens with zero attached hydrogens (tertiary/aromatic N) is 1. The lowest BCUT2D eigenvalue weighted by molar-refractivity contribution is -0.123. The van der Waals surface area contributed by atoms with E-state index >= 15 is 0 Å². The van der Waals surface area contributed by atoms with Gasteiger partial charge in [-0.25, -0.2) is 5.43 Å². The van der Waals surface area contributed by atoms with Crippen LogP contribution in [0.15, 0.2) is 53.6 Å². The number of rotatable bonds is 6. The fourth-order valence-electron chi connectivity index (χ4n) is 1.79. The van der Waals surface area contributed by atoms with E-state index in [0.29, 0.717) is 17.1 Å². The molecular formula is C17H19N3O3. The van der Waals surface area contributed by atoms with Gasteiger partial charge in [0.25, 0.3) is 5.91 Å². The molecule has 1 amide bonds. The Balaban J connectivity index is 1.84. The zero-order chi connectivity index (χ0) is 16.7. The Morgan fingerprint density at radius 1 is 1.09 bits per heavy atom. The van der Waals surface area contributed by atoms with Crippen molar-refractivity contribution in [2.45, 2.75) is 6.92 Å². The van der Waals surface area contributed by atoms with E-state index in [2.05, 4.69) is 10.5 Å². The van der Waals surface area contributed by atoms with Crippen molar-refractivity contribution in [3.05, 3.63) is 54.1 Å². The summed E-state index contributed by atoms with van der Waals surface area (Å²) in [6, 6.07) is 14.2. The molecule has 0 heterocycles. The quantitative estimate of drug-likeness (QED) is 0.486. The predicted octanol–water partition coefficient (Wildman–Crippen LogP) is 2.20. The van der Waals surface area contributed by atoms with E-state index in [0.717, 1.165) is 11.3 Å². The minimum atomic E-state index is -0.337. The third-order valence-corrected chi connectivity index (χ3v) is 3.11. The van der Waals surface area contributed by atoms with Gasteiger partial charge < -0.3 is 15.2 Å². The van der Waals surface area contributed by atoms with Gasteiger partial charge in [0.15, 0.2) is 6.61 Å². The molecule has 23 heavy (non-hydrogen) atoms. The summed E-state index contributed by atoms with van der Waals surface area (Å²) in [5.41, 5.74) is 10.3. The Labute approximate surface area is 134 Å². The lowest BCUT2D eigenvalue weighted by atomic mass is 10.1. The molecule has 0 saturated carbocycles. The summed E-state index contributed by atoms with van der Waals surface area (Å²) in [5, 5.41) is 4.04. The van der Waals surface area contributed by atoms with Crippen LogP contribution in [-0.2, 0) is 4.79 Å². The number of nitrogens with two attached hydrogens (primary N) is 1. The average molecular weight is 313 g/mol. The van der Waals surface area contributed by atoms with Gasteiger partial charge in [0.05, 0.1) is 12.8 Å². The van der Waals surface area contributed by atoms with Gasteiger partial charge in [-0.1, -0.05) is 12.1 Å². The fraction of sp³-hybridized carbons (Fsp3) is 0.176. The van der Waals surface area contributed by atoms with Gasteiger partial charge in [0, 0.05) is 5.69 Å². The monoisotopic (exact) mass is 313 g/mol. The molecule has 0 bridgehead atoms. The van der Waals surface area contributed by atoms with E-state index in [1.54, 1.807) is 50.4 Å². The molecule has 2 rings (SSSR count). The summed E-state index contributed by atoms with van der Waals surface area (Å²) >= 11 is 0. The van der Waals surface area contributed by atoms with Crippen molar-refractivity contribution in [2.75, 3.05) is 19.5 Å². The zero-order valence-electron chi connectivity index (χ0n) is 13.1. The number of nitrogen functional groups attached to an aromatic ring is 1. The van der Waals surface area contributed by atoms with E-state index in [1.807, 2.05) is 12.1 Å². The number of carbonyl (C=O) groups is 1. The third-order valence-electron chi connectivity index (χ3n) is 3.11. The highest BCUT2D eigenvalue weighted by molar-refractivity contribution is 5.99. The maximum atomic E-state index is 11.7. The first-order valence-corrected chi connectivity index (χ1v) is 7.04. The summed E-state index contributed by atoms with van der Waals surface area (Å²) < 4.78 is 10.4. The van der Waals surface area contributed by atoms with Crippen molar-refractivity contribution in [1.82, 2.24) is 5.43 Å². The Hall–Kier alpha value is -3.02. The second kappa shape index (κ2) is 7.84. The first-order valence-electron chi connectivity index (χ1n) is 7.04. The van der Waals surface area contributed by atoms with Crippen molar-refractivity contribution in [2.24, 2.45) is 5.10 Å². The molecule has 6 nitrogen and oxygen atoms in total. The first kappa shape index (κ1) is 16.4. The summed E-state index contributed by atoms with van der Waals surface area (Å²) in [4.78, 5) is 11.7. The molecule has 0 aliphatic carbocycles. The lowest BCUT2D eigenvalue weighted by Crippen LogP contribution is -2.25. The van der Waals surface area contributed by atoms with Crippen LogP contribution in [0.3, 0.4) is 0 Å². The van der Waals surface area contributed by atoms with Crippen molar-refractivity contribution in [1.29, 1.82) is 0 Å². The normalized spacial score (nSPS) is 11.0. The third kappa shape index (κ3) is 5.03. The first-order chi connectivity index (χ1) is 11.1. The summed E-state index contributed by atoms with van der Waals surface area (Å²) in [5.74, 6) is 0.973. The largest absolute Gasteiger partial charge is 0.497 e. The molecule has 0 aliphatic rings. The molecule has 0 aliphatic heterocycles. The highest BCUT2D eigenvalue weighted by atomic mass is 16.5. The van der Waals surface area contributed by atoms with Crippen molar-refractivity contribution in [3.8, 4) is 11.5 Å². The lowest BCUT2D eigenvalue weighted by Gasteiger charge is -2.07. The van der Waals surface area contributed by atoms with Gasteiger partial charge in [0.1, 0.15) is 11.5 Å². The molecule has 0 radical (unpaired) electrons. The highest BCUT2D eigenvalue weighted by Gasteiger charge is 2.03. The summed E-state index contributed by atoms with van der Waals surface area (Å²) in [7, 11) is 1.59. The minimum absolute atomic E-state index is 0.120. The number of ether oxygens (including phenoxy) is 2. The van der Waals surface area contributed by atoms with E-state index in [-0.39, 0.29) is 12.5 Å². The van der Waals surface area contributed by atoms with Crippen LogP contribution in [0.2, 0.25) is 0 Å². The number of methoxy groups -OCH3 is 1. The Kier molecular flexibility index (Phi) is 5.57. The Morgan fingerprint density at radius 2 is 1.70 bits per heavy atom. The van der Waals surface area contributed by atoms with Crippen LogP contribution in [0.1, 0.15) is 12.5 Å². The number of hydrogen-bond donors (Lipinski definition) is 2. The number of nitrogens with one attached hydrogen (secondary N) is 1. The molecule has 3 N–H and O–H groups in total. The van der Waals surface area contributed by atoms with Crippen LogP contribution >= 0.6 is 0 Å². The second-order valence-corrected chi connectivity index (χ2v) is 4.82.